The van der Waals surface area contributed by atoms with Gasteiger partial charge >= 0.3 is 6.03 Å². The Labute approximate surface area is 555 Å². The molecule has 2 heterocycles. The summed E-state index contributed by atoms with van der Waals surface area (Å²) in [6.45, 7) is 23.7. The number of nitrogens with zero attached hydrogens (tertiary/aromatic N) is 2. The largest absolute Gasteiger partial charge is 0.377 e. The Morgan fingerprint density at radius 3 is 0.849 bits per heavy atom. The van der Waals surface area contributed by atoms with Gasteiger partial charge in [-0.05, 0) is 12.8 Å². The van der Waals surface area contributed by atoms with Crippen LogP contribution in [0.5, 0.6) is 0 Å². The maximum Gasteiger partial charge on any atom is 0.315 e. The van der Waals surface area contributed by atoms with Gasteiger partial charge in [0.1, 0.15) is 17.2 Å². The molecule has 0 aromatic carbocycles. The minimum absolute atomic E-state index is 0.0367. The van der Waals surface area contributed by atoms with Gasteiger partial charge in [0, 0.05) is 24.0 Å². The summed E-state index contributed by atoms with van der Waals surface area (Å²) >= 11 is 1.90. The lowest BCUT2D eigenvalue weighted by atomic mass is 10.0. The molecule has 32 nitrogen and oxygen atoms in total. The Kier molecular flexibility index (Phi) is 68.6. The molecule has 2 rings (SSSR count). The maximum atomic E-state index is 12.1. The number of urea groups is 1. The van der Waals surface area contributed by atoms with Crippen LogP contribution in [-0.2, 0) is 118 Å². The Balaban J connectivity index is 1.09. The van der Waals surface area contributed by atoms with Crippen molar-refractivity contribution < 1.29 is 123 Å². The number of rotatable bonds is 80. The fraction of sp³-hybridized carbons (Fsp3) is 0.967. The minimum Gasteiger partial charge on any atom is -0.377 e. The number of thioether (sulfide) groups is 1. The van der Waals surface area contributed by atoms with Gasteiger partial charge in [-0.25, -0.2) is 4.79 Å². The van der Waals surface area contributed by atoms with Gasteiger partial charge in [0.15, 0.2) is 0 Å². The fourth-order valence-electron chi connectivity index (χ4n) is 7.94. The van der Waals surface area contributed by atoms with E-state index < -0.39 is 0 Å². The molecular weight excluding hydrogens is 1250 g/mol. The number of carbonyl (C=O) groups is 2. The highest BCUT2D eigenvalue weighted by Gasteiger charge is 2.42. The van der Waals surface area contributed by atoms with Gasteiger partial charge in [-0.2, -0.15) is 11.8 Å². The Bertz CT molecular complexity index is 1620. The maximum absolute atomic E-state index is 12.1. The zero-order valence-electron chi connectivity index (χ0n) is 55.5. The lowest BCUT2D eigenvalue weighted by Crippen LogP contribution is -2.36. The number of amides is 3. The van der Waals surface area contributed by atoms with Gasteiger partial charge in [0.25, 0.3) is 0 Å². The first-order valence-electron chi connectivity index (χ1n) is 33.0. The molecule has 0 saturated carbocycles. The molecule has 33 heteroatoms. The third-order valence-electron chi connectivity index (χ3n) is 12.6. The highest BCUT2D eigenvalue weighted by molar-refractivity contribution is 8.00. The van der Waals surface area contributed by atoms with E-state index in [0.29, 0.717) is 342 Å². The molecule has 93 heavy (non-hydrogen) atoms. The summed E-state index contributed by atoms with van der Waals surface area (Å²) in [5, 5.41) is 12.8. The lowest BCUT2D eigenvalue weighted by Gasteiger charge is -2.16. The summed E-state index contributed by atoms with van der Waals surface area (Å²) in [6, 6.07) is 0.385. The molecule has 2 aliphatic heterocycles. The zero-order valence-corrected chi connectivity index (χ0v) is 56.4. The third kappa shape index (κ3) is 63.9. The van der Waals surface area contributed by atoms with Gasteiger partial charge in [-0.3, -0.25) is 4.79 Å². The molecule has 3 unspecified atom stereocenters. The van der Waals surface area contributed by atoms with E-state index >= 15 is 0 Å². The van der Waals surface area contributed by atoms with Crippen molar-refractivity contribution in [3.63, 3.8) is 0 Å². The van der Waals surface area contributed by atoms with Gasteiger partial charge in [0.05, 0.1) is 329 Å². The monoisotopic (exact) mass is 1370 g/mol. The molecule has 0 bridgehead atoms. The van der Waals surface area contributed by atoms with Crippen LogP contribution in [0.2, 0.25) is 0 Å². The average molecular weight is 1370 g/mol. The first-order chi connectivity index (χ1) is 46.2. The minimum atomic E-state index is -0.0656. The average Bonchev–Trinajstić information content (AvgIpc) is 1.87. The molecule has 2 aliphatic rings. The van der Waals surface area contributed by atoms with E-state index in [9.17, 15) is 9.59 Å². The topological polar surface area (TPSA) is 342 Å². The summed E-state index contributed by atoms with van der Waals surface area (Å²) in [7, 11) is 0. The number of unbranched alkanes of at least 4 members (excludes halogenated alkanes) is 1. The van der Waals surface area contributed by atoms with E-state index in [-0.39, 0.29) is 24.0 Å². The van der Waals surface area contributed by atoms with E-state index in [4.69, 9.17) is 119 Å². The third-order valence-corrected chi connectivity index (χ3v) is 14.1. The SMILES string of the molecule is N=[N+]=NCCOCCOCCOCCOCCOCCOCCOCCOCCOCCOCCOCCOCCOCCOCCOCCOCCOCCOCCOCCOCCOCCOCCOCCOCCNC(=O)CCCCC1SCC2NC(=O)NC21. The Hall–Kier alpha value is -2.56. The van der Waals surface area contributed by atoms with Crippen LogP contribution in [0.25, 0.3) is 0 Å². The summed E-state index contributed by atoms with van der Waals surface area (Å²) in [4.78, 5) is 26.5. The molecule has 2 fully saturated rings. The number of carbonyl (C=O) groups excluding carboxylic acids is 2. The smallest absolute Gasteiger partial charge is 0.315 e. The normalized spacial score (nSPS) is 15.3. The molecule has 3 amide bonds. The van der Waals surface area contributed by atoms with Crippen LogP contribution >= 0.6 is 11.8 Å². The van der Waals surface area contributed by atoms with Crippen molar-refractivity contribution >= 4 is 23.7 Å². The van der Waals surface area contributed by atoms with Gasteiger partial charge in [0.2, 0.25) is 10.8 Å². The molecule has 0 aliphatic carbocycles. The number of hydrogen-bond donors (Lipinski definition) is 4. The molecule has 0 aromatic heterocycles. The van der Waals surface area contributed by atoms with E-state index in [1.807, 2.05) is 11.8 Å². The number of fused-ring (bicyclic) bond motifs is 1. The van der Waals surface area contributed by atoms with Crippen LogP contribution in [0.1, 0.15) is 25.7 Å². The predicted octanol–water partition coefficient (Wildman–Crippen LogP) is 0.777. The summed E-state index contributed by atoms with van der Waals surface area (Å²) in [5.74, 6) is 0.989. The van der Waals surface area contributed by atoms with Crippen LogP contribution in [0.3, 0.4) is 0 Å². The van der Waals surface area contributed by atoms with E-state index in [0.717, 1.165) is 25.0 Å². The van der Waals surface area contributed by atoms with Gasteiger partial charge < -0.3 is 130 Å². The Morgan fingerprint density at radius 1 is 0.366 bits per heavy atom. The van der Waals surface area contributed by atoms with Crippen molar-refractivity contribution in [2.75, 3.05) is 336 Å². The molecule has 0 spiro atoms. The second kappa shape index (κ2) is 73.7. The molecule has 0 radical (unpaired) electrons. The first kappa shape index (κ1) is 86.5. The molecular formula is C60H117N6O26S+. The van der Waals surface area contributed by atoms with E-state index in [2.05, 4.69) is 26.0 Å². The van der Waals surface area contributed by atoms with Crippen LogP contribution in [0.15, 0.2) is 5.11 Å². The summed E-state index contributed by atoms with van der Waals surface area (Å²) in [5.41, 5.74) is 6.54. The van der Waals surface area contributed by atoms with Crippen LogP contribution < -0.4 is 20.9 Å². The van der Waals surface area contributed by atoms with Crippen molar-refractivity contribution in [1.82, 2.24) is 20.9 Å². The first-order valence-corrected chi connectivity index (χ1v) is 34.1. The molecule has 548 valence electrons. The van der Waals surface area contributed by atoms with Crippen molar-refractivity contribution in [1.29, 1.82) is 5.53 Å². The summed E-state index contributed by atoms with van der Waals surface area (Å²) < 4.78 is 132. The van der Waals surface area contributed by atoms with Crippen molar-refractivity contribution in [3.05, 3.63) is 0 Å². The number of ether oxygens (including phenoxy) is 24. The van der Waals surface area contributed by atoms with Crippen LogP contribution in [-0.4, -0.2) is 365 Å². The van der Waals surface area contributed by atoms with Gasteiger partial charge in [-0.1, -0.05) is 6.42 Å². The number of nitrogens with one attached hydrogen (secondary N) is 4. The molecule has 4 N–H and O–H groups in total. The second-order valence-corrected chi connectivity index (χ2v) is 21.2. The van der Waals surface area contributed by atoms with Crippen LogP contribution in [0.4, 0.5) is 4.79 Å². The van der Waals surface area contributed by atoms with Crippen molar-refractivity contribution in [3.8, 4) is 0 Å². The highest BCUT2D eigenvalue weighted by atomic mass is 32.2. The highest BCUT2D eigenvalue weighted by Crippen LogP contribution is 2.33. The van der Waals surface area contributed by atoms with Crippen molar-refractivity contribution in [2.24, 2.45) is 5.11 Å². The van der Waals surface area contributed by atoms with E-state index in [1.165, 1.54) is 0 Å². The van der Waals surface area contributed by atoms with Crippen LogP contribution in [0, 0.1) is 5.53 Å². The predicted molar refractivity (Wildman–Crippen MR) is 339 cm³/mol. The Morgan fingerprint density at radius 2 is 0.602 bits per heavy atom. The number of hydrogen-bond acceptors (Lipinski definition) is 29. The summed E-state index contributed by atoms with van der Waals surface area (Å²) in [6.07, 6.45) is 3.30. The standard InChI is InChI=1S/C60H116N6O26S/c61-66-63-6-8-70-10-12-72-14-16-74-18-20-76-22-24-78-26-28-80-30-32-82-34-36-84-38-40-86-42-44-88-46-48-90-50-52-92-54-53-91-51-49-89-47-45-87-43-41-85-39-37-83-35-33-81-31-29-79-27-25-77-23-21-75-19-17-73-15-13-71-11-9-69-7-5-62-58(67)4-2-1-3-57-59-56(55-93-57)64-60(68)65-59/h56-57,59,61H,1-55H2,(H2-,62,64,65,67,68)/p+1. The molecule has 2 saturated heterocycles. The fourth-order valence-corrected chi connectivity index (χ4v) is 9.48. The van der Waals surface area contributed by atoms with Gasteiger partial charge in [-0.15, -0.1) is 0 Å². The molecule has 0 aromatic rings. The quantitative estimate of drug-likeness (QED) is 0.0283. The second-order valence-electron chi connectivity index (χ2n) is 19.9. The lowest BCUT2D eigenvalue weighted by molar-refractivity contribution is -0.121. The van der Waals surface area contributed by atoms with E-state index in [1.54, 1.807) is 0 Å². The molecule has 3 atom stereocenters. The zero-order chi connectivity index (χ0) is 66.0. The van der Waals surface area contributed by atoms with Crippen molar-refractivity contribution in [2.45, 2.75) is 43.0 Å².